The minimum atomic E-state index is 0. The molecule has 0 spiro atoms. The summed E-state index contributed by atoms with van der Waals surface area (Å²) in [5.74, 6) is 0. The maximum absolute atomic E-state index is 2.12. The number of nitrogens with zero attached hydrogens (tertiary/aromatic N) is 1. The van der Waals surface area contributed by atoms with Crippen molar-refractivity contribution in [3.05, 3.63) is 66.0 Å². The topological polar surface area (TPSA) is 3.88 Å². The standard InChI is InChI=1S/C14H14N.BrH/c1-13-5-7-14(8-6-13)9-12-15-10-3-2-4-11-15;/h2-12H,1H3;1H/q+1;/p-1/b12-9+;. The lowest BCUT2D eigenvalue weighted by Crippen LogP contribution is -3.00. The van der Waals surface area contributed by atoms with Crippen LogP contribution in [-0.2, 0) is 0 Å². The zero-order valence-electron chi connectivity index (χ0n) is 9.18. The summed E-state index contributed by atoms with van der Waals surface area (Å²) in [5.41, 5.74) is 2.51. The van der Waals surface area contributed by atoms with Gasteiger partial charge in [-0.15, -0.1) is 0 Å². The van der Waals surface area contributed by atoms with E-state index in [1.807, 2.05) is 41.4 Å². The molecule has 1 aromatic heterocycles. The Morgan fingerprint density at radius 2 is 1.56 bits per heavy atom. The monoisotopic (exact) mass is 275 g/mol. The van der Waals surface area contributed by atoms with Crippen LogP contribution in [0, 0.1) is 6.92 Å². The van der Waals surface area contributed by atoms with Crippen LogP contribution in [0.25, 0.3) is 12.3 Å². The smallest absolute Gasteiger partial charge is 0.175 e. The van der Waals surface area contributed by atoms with Crippen molar-refractivity contribution in [1.82, 2.24) is 0 Å². The number of aromatic nitrogens is 1. The van der Waals surface area contributed by atoms with Gasteiger partial charge in [-0.25, -0.2) is 0 Å². The number of hydrogen-bond acceptors (Lipinski definition) is 0. The van der Waals surface area contributed by atoms with Crippen molar-refractivity contribution in [2.75, 3.05) is 0 Å². The van der Waals surface area contributed by atoms with Crippen molar-refractivity contribution in [2.24, 2.45) is 0 Å². The van der Waals surface area contributed by atoms with Crippen molar-refractivity contribution in [1.29, 1.82) is 0 Å². The van der Waals surface area contributed by atoms with Gasteiger partial charge in [0, 0.05) is 18.2 Å². The van der Waals surface area contributed by atoms with E-state index in [-0.39, 0.29) is 17.0 Å². The fourth-order valence-corrected chi connectivity index (χ4v) is 1.36. The first-order chi connectivity index (χ1) is 7.34. The first-order valence-electron chi connectivity index (χ1n) is 5.05. The summed E-state index contributed by atoms with van der Waals surface area (Å²) >= 11 is 0. The van der Waals surface area contributed by atoms with Crippen LogP contribution in [0.5, 0.6) is 0 Å². The van der Waals surface area contributed by atoms with Gasteiger partial charge in [0.25, 0.3) is 0 Å². The zero-order chi connectivity index (χ0) is 10.5. The number of rotatable bonds is 2. The van der Waals surface area contributed by atoms with E-state index in [1.54, 1.807) is 0 Å². The van der Waals surface area contributed by atoms with Gasteiger partial charge in [0.1, 0.15) is 0 Å². The molecule has 0 radical (unpaired) electrons. The Hall–Kier alpha value is -1.41. The van der Waals surface area contributed by atoms with Gasteiger partial charge in [-0.1, -0.05) is 35.9 Å². The summed E-state index contributed by atoms with van der Waals surface area (Å²) in [6, 6.07) is 14.5. The summed E-state index contributed by atoms with van der Waals surface area (Å²) in [7, 11) is 0. The Morgan fingerprint density at radius 3 is 2.19 bits per heavy atom. The summed E-state index contributed by atoms with van der Waals surface area (Å²) in [5, 5.41) is 0. The third-order valence-corrected chi connectivity index (χ3v) is 2.26. The second-order valence-electron chi connectivity index (χ2n) is 3.55. The van der Waals surface area contributed by atoms with Crippen LogP contribution in [0.15, 0.2) is 54.9 Å². The molecule has 0 amide bonds. The van der Waals surface area contributed by atoms with E-state index in [0.717, 1.165) is 0 Å². The van der Waals surface area contributed by atoms with Gasteiger partial charge in [-0.3, -0.25) is 0 Å². The second-order valence-corrected chi connectivity index (χ2v) is 3.55. The highest BCUT2D eigenvalue weighted by Crippen LogP contribution is 2.04. The van der Waals surface area contributed by atoms with Crippen molar-refractivity contribution in [3.8, 4) is 0 Å². The lowest BCUT2D eigenvalue weighted by Gasteiger charge is -1.92. The van der Waals surface area contributed by atoms with E-state index < -0.39 is 0 Å². The molecule has 2 heteroatoms. The molecule has 16 heavy (non-hydrogen) atoms. The van der Waals surface area contributed by atoms with Crippen LogP contribution in [0.2, 0.25) is 0 Å². The first-order valence-corrected chi connectivity index (χ1v) is 5.05. The Bertz CT molecular complexity index is 446. The van der Waals surface area contributed by atoms with E-state index in [9.17, 15) is 0 Å². The van der Waals surface area contributed by atoms with Crippen LogP contribution in [0.4, 0.5) is 0 Å². The quantitative estimate of drug-likeness (QED) is 0.675. The molecule has 0 unspecified atom stereocenters. The summed E-state index contributed by atoms with van der Waals surface area (Å²) in [6.45, 7) is 2.10. The van der Waals surface area contributed by atoms with Gasteiger partial charge in [0.2, 0.25) is 0 Å². The highest BCUT2D eigenvalue weighted by atomic mass is 79.9. The predicted molar refractivity (Wildman–Crippen MR) is 63.0 cm³/mol. The molecule has 0 aliphatic rings. The van der Waals surface area contributed by atoms with Crippen LogP contribution >= 0.6 is 0 Å². The fourth-order valence-electron chi connectivity index (χ4n) is 1.36. The van der Waals surface area contributed by atoms with E-state index in [0.29, 0.717) is 0 Å². The predicted octanol–water partition coefficient (Wildman–Crippen LogP) is -0.0856. The van der Waals surface area contributed by atoms with E-state index in [1.165, 1.54) is 11.1 Å². The zero-order valence-corrected chi connectivity index (χ0v) is 10.8. The fraction of sp³-hybridized carbons (Fsp3) is 0.0714. The molecule has 0 atom stereocenters. The van der Waals surface area contributed by atoms with Gasteiger partial charge in [-0.05, 0) is 12.5 Å². The minimum absolute atomic E-state index is 0. The molecular weight excluding hydrogens is 262 g/mol. The molecule has 1 heterocycles. The van der Waals surface area contributed by atoms with Gasteiger partial charge in [-0.2, -0.15) is 4.57 Å². The number of benzene rings is 1. The van der Waals surface area contributed by atoms with Crippen molar-refractivity contribution in [3.63, 3.8) is 0 Å². The average Bonchev–Trinajstić information content (AvgIpc) is 2.30. The summed E-state index contributed by atoms with van der Waals surface area (Å²) in [6.07, 6.45) is 8.18. The van der Waals surface area contributed by atoms with Gasteiger partial charge >= 0.3 is 0 Å². The van der Waals surface area contributed by atoms with Gasteiger partial charge in [0.05, 0.1) is 0 Å². The lowest BCUT2D eigenvalue weighted by atomic mass is 10.1. The maximum Gasteiger partial charge on any atom is 0.175 e. The van der Waals surface area contributed by atoms with Crippen LogP contribution < -0.4 is 21.5 Å². The number of hydrogen-bond donors (Lipinski definition) is 0. The third kappa shape index (κ3) is 3.63. The Kier molecular flexibility index (Phi) is 4.93. The Balaban J connectivity index is 0.00000128. The van der Waals surface area contributed by atoms with Crippen LogP contribution in [0.1, 0.15) is 11.1 Å². The molecule has 0 aliphatic carbocycles. The first kappa shape index (κ1) is 12.7. The molecular formula is C14H14BrN. The van der Waals surface area contributed by atoms with E-state index in [4.69, 9.17) is 0 Å². The minimum Gasteiger partial charge on any atom is -1.00 e. The Morgan fingerprint density at radius 1 is 0.938 bits per heavy atom. The molecule has 1 aromatic carbocycles. The lowest BCUT2D eigenvalue weighted by molar-refractivity contribution is -0.567. The Labute approximate surface area is 107 Å². The molecule has 2 rings (SSSR count). The SMILES string of the molecule is Cc1ccc(/C=C/[n+]2ccccc2)cc1.[Br-]. The molecule has 0 saturated heterocycles. The maximum atomic E-state index is 2.12. The number of halogens is 1. The largest absolute Gasteiger partial charge is 1.00 e. The average molecular weight is 276 g/mol. The van der Waals surface area contributed by atoms with Crippen molar-refractivity contribution in [2.45, 2.75) is 6.92 Å². The summed E-state index contributed by atoms with van der Waals surface area (Å²) < 4.78 is 2.03. The molecule has 82 valence electrons. The number of pyridine rings is 1. The molecule has 0 saturated carbocycles. The highest BCUT2D eigenvalue weighted by molar-refractivity contribution is 5.56. The third-order valence-electron chi connectivity index (χ3n) is 2.26. The van der Waals surface area contributed by atoms with Crippen molar-refractivity contribution < 1.29 is 21.5 Å². The molecule has 0 aliphatic heterocycles. The highest BCUT2D eigenvalue weighted by Gasteiger charge is 1.91. The molecule has 0 fully saturated rings. The number of aryl methyl sites for hydroxylation is 1. The van der Waals surface area contributed by atoms with Gasteiger partial charge in [0.15, 0.2) is 18.6 Å². The van der Waals surface area contributed by atoms with Crippen molar-refractivity contribution >= 4 is 12.3 Å². The normalized spacial score (nSPS) is 10.1. The van der Waals surface area contributed by atoms with Crippen LogP contribution in [-0.4, -0.2) is 0 Å². The van der Waals surface area contributed by atoms with E-state index in [2.05, 4.69) is 37.3 Å². The molecule has 2 aromatic rings. The summed E-state index contributed by atoms with van der Waals surface area (Å²) in [4.78, 5) is 0. The van der Waals surface area contributed by atoms with Crippen LogP contribution in [0.3, 0.4) is 0 Å². The van der Waals surface area contributed by atoms with Gasteiger partial charge < -0.3 is 17.0 Å². The second kappa shape index (κ2) is 6.23. The molecule has 0 bridgehead atoms. The molecule has 1 nitrogen and oxygen atoms in total. The molecule has 0 N–H and O–H groups in total. The van der Waals surface area contributed by atoms with E-state index >= 15 is 0 Å².